The summed E-state index contributed by atoms with van der Waals surface area (Å²) < 4.78 is 0. The van der Waals surface area contributed by atoms with Crippen molar-refractivity contribution < 1.29 is 5.11 Å². The van der Waals surface area contributed by atoms with Gasteiger partial charge < -0.3 is 5.11 Å². The maximum Gasteiger partial charge on any atom is 0.105 e. The van der Waals surface area contributed by atoms with Crippen LogP contribution in [0.5, 0.6) is 0 Å². The molecule has 0 aliphatic heterocycles. The van der Waals surface area contributed by atoms with Crippen molar-refractivity contribution in [2.45, 2.75) is 40.7 Å². The van der Waals surface area contributed by atoms with E-state index >= 15 is 0 Å². The first-order valence-electron chi connectivity index (χ1n) is 6.73. The summed E-state index contributed by atoms with van der Waals surface area (Å²) >= 11 is 0. The van der Waals surface area contributed by atoms with Crippen molar-refractivity contribution in [3.63, 3.8) is 0 Å². The third-order valence-electron chi connectivity index (χ3n) is 3.73. The fraction of sp³-hybridized carbons (Fsp3) is 0.333. The number of rotatable bonds is 2. The predicted octanol–water partition coefficient (Wildman–Crippen LogP) is 4.31. The van der Waals surface area contributed by atoms with Gasteiger partial charge in [-0.25, -0.2) is 0 Å². The molecule has 2 aromatic rings. The van der Waals surface area contributed by atoms with Crippen molar-refractivity contribution >= 4 is 0 Å². The van der Waals surface area contributed by atoms with E-state index in [2.05, 4.69) is 58.9 Å². The summed E-state index contributed by atoms with van der Waals surface area (Å²) in [5.41, 5.74) is 7.97. The van der Waals surface area contributed by atoms with Gasteiger partial charge in [0.05, 0.1) is 0 Å². The zero-order valence-electron chi connectivity index (χ0n) is 12.4. The Morgan fingerprint density at radius 3 is 1.79 bits per heavy atom. The van der Waals surface area contributed by atoms with Gasteiger partial charge in [-0.05, 0) is 62.4 Å². The molecule has 0 bridgehead atoms. The Morgan fingerprint density at radius 1 is 0.737 bits per heavy atom. The summed E-state index contributed by atoms with van der Waals surface area (Å²) in [4.78, 5) is 0. The zero-order valence-corrected chi connectivity index (χ0v) is 12.4. The number of hydrogen-bond donors (Lipinski definition) is 1. The number of aliphatic hydroxyl groups is 1. The molecule has 0 aliphatic rings. The quantitative estimate of drug-likeness (QED) is 0.846. The average molecular weight is 254 g/mol. The van der Waals surface area contributed by atoms with Crippen molar-refractivity contribution in [3.05, 3.63) is 69.3 Å². The highest BCUT2D eigenvalue weighted by Gasteiger charge is 2.17. The van der Waals surface area contributed by atoms with Gasteiger partial charge in [0.1, 0.15) is 6.10 Å². The second-order valence-electron chi connectivity index (χ2n) is 5.57. The van der Waals surface area contributed by atoms with Gasteiger partial charge in [-0.1, -0.05) is 41.5 Å². The van der Waals surface area contributed by atoms with E-state index in [1.54, 1.807) is 0 Å². The molecule has 0 spiro atoms. The molecule has 1 unspecified atom stereocenters. The first kappa shape index (κ1) is 13.8. The van der Waals surface area contributed by atoms with Gasteiger partial charge >= 0.3 is 0 Å². The molecule has 1 atom stereocenters. The summed E-state index contributed by atoms with van der Waals surface area (Å²) in [6.45, 7) is 10.4. The Labute approximate surface area is 115 Å². The molecule has 1 N–H and O–H groups in total. The second kappa shape index (κ2) is 5.18. The van der Waals surface area contributed by atoms with Crippen LogP contribution < -0.4 is 0 Å². The summed E-state index contributed by atoms with van der Waals surface area (Å²) in [6, 6.07) is 10.5. The van der Waals surface area contributed by atoms with E-state index in [1.807, 2.05) is 6.07 Å². The van der Waals surface area contributed by atoms with Crippen molar-refractivity contribution in [1.82, 2.24) is 0 Å². The van der Waals surface area contributed by atoms with E-state index in [4.69, 9.17) is 0 Å². The van der Waals surface area contributed by atoms with Crippen molar-refractivity contribution in [3.8, 4) is 0 Å². The molecular weight excluding hydrogens is 232 g/mol. The predicted molar refractivity (Wildman–Crippen MR) is 80.6 cm³/mol. The highest BCUT2D eigenvalue weighted by Crippen LogP contribution is 2.30. The summed E-state index contributed by atoms with van der Waals surface area (Å²) in [5, 5.41) is 10.7. The molecule has 0 fully saturated rings. The van der Waals surface area contributed by atoms with Crippen molar-refractivity contribution in [2.75, 3.05) is 0 Å². The van der Waals surface area contributed by atoms with Gasteiger partial charge in [-0.15, -0.1) is 0 Å². The van der Waals surface area contributed by atoms with Crippen molar-refractivity contribution in [1.29, 1.82) is 0 Å². The molecular formula is C18H22O. The number of aryl methyl sites for hydroxylation is 5. The maximum absolute atomic E-state index is 10.7. The lowest BCUT2D eigenvalue weighted by Gasteiger charge is -2.20. The first-order chi connectivity index (χ1) is 8.90. The largest absolute Gasteiger partial charge is 0.384 e. The molecule has 0 heterocycles. The lowest BCUT2D eigenvalue weighted by atomic mass is 9.89. The lowest BCUT2D eigenvalue weighted by molar-refractivity contribution is 0.218. The second-order valence-corrected chi connectivity index (χ2v) is 5.57. The first-order valence-corrected chi connectivity index (χ1v) is 6.73. The molecule has 0 radical (unpaired) electrons. The minimum Gasteiger partial charge on any atom is -0.384 e. The highest BCUT2D eigenvalue weighted by molar-refractivity contribution is 5.45. The molecule has 2 aromatic carbocycles. The molecule has 0 saturated carbocycles. The third kappa shape index (κ3) is 2.71. The maximum atomic E-state index is 10.7. The van der Waals surface area contributed by atoms with Crippen LogP contribution in [-0.2, 0) is 0 Å². The Morgan fingerprint density at radius 2 is 1.26 bits per heavy atom. The van der Waals surface area contributed by atoms with E-state index in [-0.39, 0.29) is 0 Å². The van der Waals surface area contributed by atoms with Gasteiger partial charge in [-0.2, -0.15) is 0 Å². The van der Waals surface area contributed by atoms with Crippen LogP contribution in [0.25, 0.3) is 0 Å². The number of aliphatic hydroxyl groups excluding tert-OH is 1. The fourth-order valence-corrected chi connectivity index (χ4v) is 2.91. The van der Waals surface area contributed by atoms with Gasteiger partial charge in [0.2, 0.25) is 0 Å². The van der Waals surface area contributed by atoms with Gasteiger partial charge in [0, 0.05) is 0 Å². The molecule has 0 aromatic heterocycles. The molecule has 1 heteroatoms. The summed E-state index contributed by atoms with van der Waals surface area (Å²) in [5.74, 6) is 0. The van der Waals surface area contributed by atoms with E-state index < -0.39 is 6.10 Å². The minimum absolute atomic E-state index is 0.541. The Bertz CT molecular complexity index is 588. The van der Waals surface area contributed by atoms with Crippen LogP contribution in [0.1, 0.15) is 45.0 Å². The molecule has 0 saturated heterocycles. The highest BCUT2D eigenvalue weighted by atomic mass is 16.3. The minimum atomic E-state index is -0.541. The number of hydrogen-bond acceptors (Lipinski definition) is 1. The topological polar surface area (TPSA) is 20.2 Å². The molecule has 1 nitrogen and oxygen atoms in total. The monoisotopic (exact) mass is 254 g/mol. The summed E-state index contributed by atoms with van der Waals surface area (Å²) in [6.07, 6.45) is -0.541. The van der Waals surface area contributed by atoms with Crippen LogP contribution in [-0.4, -0.2) is 5.11 Å². The van der Waals surface area contributed by atoms with Crippen LogP contribution in [0.2, 0.25) is 0 Å². The van der Waals surface area contributed by atoms with Crippen LogP contribution in [0.15, 0.2) is 30.3 Å². The van der Waals surface area contributed by atoms with Crippen molar-refractivity contribution in [2.24, 2.45) is 0 Å². The van der Waals surface area contributed by atoms with Crippen LogP contribution in [0.4, 0.5) is 0 Å². The van der Waals surface area contributed by atoms with Gasteiger partial charge in [0.25, 0.3) is 0 Å². The molecule has 0 aliphatic carbocycles. The normalized spacial score (nSPS) is 12.5. The molecule has 100 valence electrons. The lowest BCUT2D eigenvalue weighted by Crippen LogP contribution is -2.07. The van der Waals surface area contributed by atoms with Crippen LogP contribution in [0.3, 0.4) is 0 Å². The Hall–Kier alpha value is -1.60. The van der Waals surface area contributed by atoms with E-state index in [1.165, 1.54) is 11.1 Å². The average Bonchev–Trinajstić information content (AvgIpc) is 2.26. The van der Waals surface area contributed by atoms with E-state index in [9.17, 15) is 5.11 Å². The Balaban J connectivity index is 2.53. The standard InChI is InChI=1S/C18H22O/c1-11-6-7-16(13(3)8-11)18(19)17-14(4)9-12(2)10-15(17)5/h6-10,18-19H,1-5H3. The van der Waals surface area contributed by atoms with E-state index in [0.29, 0.717) is 0 Å². The summed E-state index contributed by atoms with van der Waals surface area (Å²) in [7, 11) is 0. The van der Waals surface area contributed by atoms with Gasteiger partial charge in [0.15, 0.2) is 0 Å². The zero-order chi connectivity index (χ0) is 14.2. The smallest absolute Gasteiger partial charge is 0.105 e. The van der Waals surface area contributed by atoms with E-state index in [0.717, 1.165) is 27.8 Å². The molecule has 2 rings (SSSR count). The third-order valence-corrected chi connectivity index (χ3v) is 3.73. The van der Waals surface area contributed by atoms with Gasteiger partial charge in [-0.3, -0.25) is 0 Å². The number of benzene rings is 2. The van der Waals surface area contributed by atoms with Crippen LogP contribution in [0, 0.1) is 34.6 Å². The molecule has 19 heavy (non-hydrogen) atoms. The molecule has 0 amide bonds. The Kier molecular flexibility index (Phi) is 3.77. The SMILES string of the molecule is Cc1ccc(C(O)c2c(C)cc(C)cc2C)c(C)c1. The fourth-order valence-electron chi connectivity index (χ4n) is 2.91. The van der Waals surface area contributed by atoms with Crippen LogP contribution >= 0.6 is 0 Å².